The summed E-state index contributed by atoms with van der Waals surface area (Å²) in [6.45, 7) is 7.36. The van der Waals surface area contributed by atoms with Crippen molar-refractivity contribution in [3.63, 3.8) is 0 Å². The third-order valence-electron chi connectivity index (χ3n) is 3.90. The van der Waals surface area contributed by atoms with Crippen molar-refractivity contribution < 1.29 is 23.1 Å². The number of nitrogens with one attached hydrogen (secondary N) is 1. The van der Waals surface area contributed by atoms with Gasteiger partial charge in [-0.2, -0.15) is 13.2 Å². The molecule has 112 valence electrons. The zero-order valence-corrected chi connectivity index (χ0v) is 11.1. The normalized spacial score (nSPS) is 22.9. The number of hydrogen-bond acceptors (Lipinski definition) is 3. The summed E-state index contributed by atoms with van der Waals surface area (Å²) >= 11 is 0. The first-order valence-corrected chi connectivity index (χ1v) is 6.58. The predicted octanol–water partition coefficient (Wildman–Crippen LogP) is 1.86. The average Bonchev–Trinajstić information content (AvgIpc) is 2.72. The summed E-state index contributed by atoms with van der Waals surface area (Å²) in [6.07, 6.45) is 0.540. The van der Waals surface area contributed by atoms with Crippen LogP contribution in [0.15, 0.2) is 0 Å². The van der Waals surface area contributed by atoms with Gasteiger partial charge in [0, 0.05) is 5.54 Å². The minimum absolute atomic E-state index is 0.611. The Labute approximate surface area is 111 Å². The van der Waals surface area contributed by atoms with Crippen LogP contribution in [-0.4, -0.2) is 53.9 Å². The van der Waals surface area contributed by atoms with Gasteiger partial charge in [-0.05, 0) is 51.9 Å². The van der Waals surface area contributed by atoms with Gasteiger partial charge in [-0.25, -0.2) is 4.79 Å². The lowest BCUT2D eigenvalue weighted by Gasteiger charge is -2.41. The summed E-state index contributed by atoms with van der Waals surface area (Å²) < 4.78 is 31.7. The summed E-state index contributed by atoms with van der Waals surface area (Å²) in [5.41, 5.74) is 0.611. The molecule has 0 aliphatic carbocycles. The van der Waals surface area contributed by atoms with Crippen molar-refractivity contribution in [2.75, 3.05) is 26.2 Å². The second-order valence-electron chi connectivity index (χ2n) is 4.96. The Bertz CT molecular complexity index is 302. The van der Waals surface area contributed by atoms with Crippen LogP contribution in [0, 0.1) is 0 Å². The van der Waals surface area contributed by atoms with Crippen LogP contribution >= 0.6 is 0 Å². The van der Waals surface area contributed by atoms with E-state index in [1.807, 2.05) is 0 Å². The fraction of sp³-hybridized carbons (Fsp3) is 0.917. The summed E-state index contributed by atoms with van der Waals surface area (Å²) in [4.78, 5) is 11.6. The number of aliphatic carboxylic acids is 1. The maximum atomic E-state index is 10.6. The molecule has 19 heavy (non-hydrogen) atoms. The predicted molar refractivity (Wildman–Crippen MR) is 65.0 cm³/mol. The van der Waals surface area contributed by atoms with Crippen LogP contribution in [-0.2, 0) is 4.79 Å². The molecule has 0 atom stereocenters. The van der Waals surface area contributed by atoms with Gasteiger partial charge >= 0.3 is 12.1 Å². The van der Waals surface area contributed by atoms with Crippen LogP contribution in [0.4, 0.5) is 13.2 Å². The topological polar surface area (TPSA) is 52.6 Å². The van der Waals surface area contributed by atoms with Crippen molar-refractivity contribution in [2.24, 2.45) is 0 Å². The SMILES string of the molecule is CCN1CCCC12CCNCC2.O=C(O)C(F)(F)F. The molecule has 0 bridgehead atoms. The summed E-state index contributed by atoms with van der Waals surface area (Å²) in [6, 6.07) is 0. The van der Waals surface area contributed by atoms with Crippen LogP contribution in [0.1, 0.15) is 32.6 Å². The quantitative estimate of drug-likeness (QED) is 0.771. The average molecular weight is 282 g/mol. The minimum Gasteiger partial charge on any atom is -0.475 e. The Morgan fingerprint density at radius 2 is 1.84 bits per heavy atom. The summed E-state index contributed by atoms with van der Waals surface area (Å²) in [5, 5.41) is 10.6. The first kappa shape index (κ1) is 16.2. The Morgan fingerprint density at radius 3 is 2.26 bits per heavy atom. The highest BCUT2D eigenvalue weighted by molar-refractivity contribution is 5.73. The molecule has 2 heterocycles. The number of halogens is 3. The molecule has 0 radical (unpaired) electrons. The van der Waals surface area contributed by atoms with E-state index in [0.717, 1.165) is 0 Å². The highest BCUT2D eigenvalue weighted by atomic mass is 19.4. The Balaban J connectivity index is 0.000000224. The van der Waals surface area contributed by atoms with E-state index in [0.29, 0.717) is 5.54 Å². The first-order valence-electron chi connectivity index (χ1n) is 6.58. The second kappa shape index (κ2) is 6.56. The first-order chi connectivity index (χ1) is 8.82. The molecule has 2 rings (SSSR count). The van der Waals surface area contributed by atoms with E-state index in [1.165, 1.54) is 51.9 Å². The Kier molecular flexibility index (Phi) is 5.61. The number of nitrogens with zero attached hydrogens (tertiary/aromatic N) is 1. The van der Waals surface area contributed by atoms with Crippen molar-refractivity contribution in [3.05, 3.63) is 0 Å². The molecule has 0 unspecified atom stereocenters. The van der Waals surface area contributed by atoms with Gasteiger partial charge in [0.15, 0.2) is 0 Å². The highest BCUT2D eigenvalue weighted by Crippen LogP contribution is 2.36. The molecule has 4 nitrogen and oxygen atoms in total. The molecular formula is C12H21F3N2O2. The van der Waals surface area contributed by atoms with Gasteiger partial charge in [0.2, 0.25) is 0 Å². The number of alkyl halides is 3. The largest absolute Gasteiger partial charge is 0.490 e. The molecule has 2 aliphatic rings. The van der Waals surface area contributed by atoms with Gasteiger partial charge in [0.25, 0.3) is 0 Å². The van der Waals surface area contributed by atoms with Crippen molar-refractivity contribution >= 4 is 5.97 Å². The van der Waals surface area contributed by atoms with E-state index in [9.17, 15) is 13.2 Å². The molecule has 0 aromatic heterocycles. The summed E-state index contributed by atoms with van der Waals surface area (Å²) in [7, 11) is 0. The van der Waals surface area contributed by atoms with Crippen molar-refractivity contribution in [1.82, 2.24) is 10.2 Å². The number of carboxylic acid groups (broad SMARTS) is 1. The van der Waals surface area contributed by atoms with E-state index in [1.54, 1.807) is 0 Å². The lowest BCUT2D eigenvalue weighted by Crippen LogP contribution is -2.50. The van der Waals surface area contributed by atoms with Crippen LogP contribution in [0.2, 0.25) is 0 Å². The standard InChI is InChI=1S/C10H20N2.C2HF3O2/c1-2-12-9-3-4-10(12)5-7-11-8-6-10;3-2(4,5)1(6)7/h11H,2-9H2,1H3;(H,6,7). The van der Waals surface area contributed by atoms with E-state index in [4.69, 9.17) is 9.90 Å². The van der Waals surface area contributed by atoms with Crippen molar-refractivity contribution in [2.45, 2.75) is 44.3 Å². The Hall–Kier alpha value is -0.820. The molecule has 7 heteroatoms. The van der Waals surface area contributed by atoms with Crippen molar-refractivity contribution in [1.29, 1.82) is 0 Å². The summed E-state index contributed by atoms with van der Waals surface area (Å²) in [5.74, 6) is -2.76. The smallest absolute Gasteiger partial charge is 0.475 e. The molecule has 0 aromatic carbocycles. The lowest BCUT2D eigenvalue weighted by atomic mass is 9.86. The number of carbonyl (C=O) groups is 1. The number of carboxylic acids is 1. The third kappa shape index (κ3) is 4.35. The fourth-order valence-corrected chi connectivity index (χ4v) is 2.95. The number of rotatable bonds is 1. The molecule has 2 fully saturated rings. The van der Waals surface area contributed by atoms with Gasteiger partial charge in [0.05, 0.1) is 0 Å². The van der Waals surface area contributed by atoms with Gasteiger partial charge in [-0.1, -0.05) is 6.92 Å². The van der Waals surface area contributed by atoms with Crippen LogP contribution in [0.5, 0.6) is 0 Å². The zero-order chi connectivity index (χ0) is 14.5. The van der Waals surface area contributed by atoms with Crippen LogP contribution in [0.3, 0.4) is 0 Å². The number of piperidine rings is 1. The Morgan fingerprint density at radius 1 is 1.32 bits per heavy atom. The number of hydrogen-bond donors (Lipinski definition) is 2. The monoisotopic (exact) mass is 282 g/mol. The van der Waals surface area contributed by atoms with E-state index in [2.05, 4.69) is 17.1 Å². The molecule has 2 aliphatic heterocycles. The third-order valence-corrected chi connectivity index (χ3v) is 3.90. The van der Waals surface area contributed by atoms with Crippen molar-refractivity contribution in [3.8, 4) is 0 Å². The zero-order valence-electron chi connectivity index (χ0n) is 11.1. The van der Waals surface area contributed by atoms with E-state index < -0.39 is 12.1 Å². The molecule has 1 spiro atoms. The van der Waals surface area contributed by atoms with Gasteiger partial charge in [-0.3, -0.25) is 4.90 Å². The van der Waals surface area contributed by atoms with E-state index in [-0.39, 0.29) is 0 Å². The van der Waals surface area contributed by atoms with Crippen LogP contribution < -0.4 is 5.32 Å². The highest BCUT2D eigenvalue weighted by Gasteiger charge is 2.40. The lowest BCUT2D eigenvalue weighted by molar-refractivity contribution is -0.192. The maximum absolute atomic E-state index is 10.6. The molecule has 2 N–H and O–H groups in total. The molecule has 0 amide bonds. The fourth-order valence-electron chi connectivity index (χ4n) is 2.95. The minimum atomic E-state index is -5.08. The molecule has 0 saturated carbocycles. The molecule has 0 aromatic rings. The molecular weight excluding hydrogens is 261 g/mol. The maximum Gasteiger partial charge on any atom is 0.490 e. The second-order valence-corrected chi connectivity index (χ2v) is 4.96. The number of likely N-dealkylation sites (tertiary alicyclic amines) is 1. The van der Waals surface area contributed by atoms with Gasteiger partial charge in [-0.15, -0.1) is 0 Å². The van der Waals surface area contributed by atoms with Gasteiger partial charge in [0.1, 0.15) is 0 Å². The van der Waals surface area contributed by atoms with E-state index >= 15 is 0 Å². The molecule has 2 saturated heterocycles. The van der Waals surface area contributed by atoms with Gasteiger partial charge < -0.3 is 10.4 Å². The van der Waals surface area contributed by atoms with Crippen LogP contribution in [0.25, 0.3) is 0 Å².